The summed E-state index contributed by atoms with van der Waals surface area (Å²) in [6.45, 7) is 2.13. The average Bonchev–Trinajstić information content (AvgIpc) is 2.90. The smallest absolute Gasteiger partial charge is 0.122 e. The van der Waals surface area contributed by atoms with Gasteiger partial charge in [0.2, 0.25) is 0 Å². The van der Waals surface area contributed by atoms with Gasteiger partial charge in [0.1, 0.15) is 5.75 Å². The fourth-order valence-electron chi connectivity index (χ4n) is 3.13. The van der Waals surface area contributed by atoms with Crippen molar-refractivity contribution in [3.63, 3.8) is 0 Å². The van der Waals surface area contributed by atoms with Crippen molar-refractivity contribution in [2.45, 2.75) is 39.0 Å². The SMILES string of the molecule is COc1ccc(C)cc1CC(CCl)C1CCCC1. The predicted octanol–water partition coefficient (Wildman–Crippen LogP) is 4.59. The molecular weight excluding hydrogens is 244 g/mol. The normalized spacial score (nSPS) is 17.9. The van der Waals surface area contributed by atoms with Crippen LogP contribution in [0, 0.1) is 18.8 Å². The standard InChI is InChI=1S/C16H23ClO/c1-12-7-8-16(18-2)14(9-12)10-15(11-17)13-5-3-4-6-13/h7-9,13,15H,3-6,10-11H2,1-2H3. The molecule has 1 nitrogen and oxygen atoms in total. The van der Waals surface area contributed by atoms with Crippen LogP contribution in [0.25, 0.3) is 0 Å². The van der Waals surface area contributed by atoms with Crippen LogP contribution in [0.5, 0.6) is 5.75 Å². The Bertz CT molecular complexity index is 383. The van der Waals surface area contributed by atoms with Crippen molar-refractivity contribution in [1.29, 1.82) is 0 Å². The molecule has 0 amide bonds. The highest BCUT2D eigenvalue weighted by Crippen LogP contribution is 2.35. The molecular formula is C16H23ClO. The van der Waals surface area contributed by atoms with Crippen LogP contribution in [0.1, 0.15) is 36.8 Å². The molecule has 0 spiro atoms. The van der Waals surface area contributed by atoms with Gasteiger partial charge in [-0.3, -0.25) is 0 Å². The fourth-order valence-corrected chi connectivity index (χ4v) is 3.49. The summed E-state index contributed by atoms with van der Waals surface area (Å²) in [5.41, 5.74) is 2.61. The number of ether oxygens (including phenoxy) is 1. The van der Waals surface area contributed by atoms with Gasteiger partial charge >= 0.3 is 0 Å². The zero-order chi connectivity index (χ0) is 13.0. The molecule has 0 bridgehead atoms. The Hall–Kier alpha value is -0.690. The Morgan fingerprint density at radius 2 is 2.06 bits per heavy atom. The Morgan fingerprint density at radius 1 is 1.33 bits per heavy atom. The third-order valence-corrected chi connectivity index (χ3v) is 4.58. The quantitative estimate of drug-likeness (QED) is 0.708. The molecule has 100 valence electrons. The molecule has 0 radical (unpaired) electrons. The maximum Gasteiger partial charge on any atom is 0.122 e. The predicted molar refractivity (Wildman–Crippen MR) is 77.6 cm³/mol. The van der Waals surface area contributed by atoms with Gasteiger partial charge in [0.25, 0.3) is 0 Å². The third-order valence-electron chi connectivity index (χ3n) is 4.18. The number of alkyl halides is 1. The highest BCUT2D eigenvalue weighted by atomic mass is 35.5. The summed E-state index contributed by atoms with van der Waals surface area (Å²) in [5, 5.41) is 0. The summed E-state index contributed by atoms with van der Waals surface area (Å²) >= 11 is 6.19. The lowest BCUT2D eigenvalue weighted by Crippen LogP contribution is -2.17. The van der Waals surface area contributed by atoms with E-state index in [-0.39, 0.29) is 0 Å². The molecule has 2 heteroatoms. The minimum absolute atomic E-state index is 0.602. The lowest BCUT2D eigenvalue weighted by Gasteiger charge is -2.22. The summed E-state index contributed by atoms with van der Waals surface area (Å²) < 4.78 is 5.47. The monoisotopic (exact) mass is 266 g/mol. The molecule has 1 unspecified atom stereocenters. The van der Waals surface area contributed by atoms with E-state index in [0.717, 1.165) is 24.0 Å². The van der Waals surface area contributed by atoms with E-state index < -0.39 is 0 Å². The summed E-state index contributed by atoms with van der Waals surface area (Å²) in [6, 6.07) is 6.42. The first-order chi connectivity index (χ1) is 8.74. The Balaban J connectivity index is 2.12. The molecule has 0 aliphatic heterocycles. The van der Waals surface area contributed by atoms with Gasteiger partial charge in [0.15, 0.2) is 0 Å². The van der Waals surface area contributed by atoms with Crippen LogP contribution < -0.4 is 4.74 Å². The largest absolute Gasteiger partial charge is 0.496 e. The molecule has 1 saturated carbocycles. The van der Waals surface area contributed by atoms with Crippen LogP contribution in [0.2, 0.25) is 0 Å². The molecule has 0 saturated heterocycles. The van der Waals surface area contributed by atoms with Gasteiger partial charge in [-0.2, -0.15) is 0 Å². The van der Waals surface area contributed by atoms with E-state index in [0.29, 0.717) is 5.92 Å². The number of benzene rings is 1. The molecule has 1 atom stereocenters. The number of halogens is 1. The van der Waals surface area contributed by atoms with E-state index in [1.165, 1.54) is 36.8 Å². The molecule has 18 heavy (non-hydrogen) atoms. The van der Waals surface area contributed by atoms with Gasteiger partial charge in [-0.25, -0.2) is 0 Å². The topological polar surface area (TPSA) is 9.23 Å². The molecule has 1 aromatic rings. The molecule has 1 aliphatic carbocycles. The number of hydrogen-bond acceptors (Lipinski definition) is 1. The maximum atomic E-state index is 6.19. The van der Waals surface area contributed by atoms with E-state index in [1.807, 2.05) is 0 Å². The number of hydrogen-bond donors (Lipinski definition) is 0. The first kappa shape index (κ1) is 13.7. The van der Waals surface area contributed by atoms with Crippen molar-refractivity contribution in [2.75, 3.05) is 13.0 Å². The van der Waals surface area contributed by atoms with E-state index in [2.05, 4.69) is 25.1 Å². The minimum Gasteiger partial charge on any atom is -0.496 e. The maximum absolute atomic E-state index is 6.19. The zero-order valence-electron chi connectivity index (χ0n) is 11.4. The van der Waals surface area contributed by atoms with Crippen LogP contribution in [0.4, 0.5) is 0 Å². The molecule has 1 fully saturated rings. The third kappa shape index (κ3) is 3.20. The van der Waals surface area contributed by atoms with E-state index >= 15 is 0 Å². The van der Waals surface area contributed by atoms with Crippen LogP contribution in [0.15, 0.2) is 18.2 Å². The van der Waals surface area contributed by atoms with Gasteiger partial charge in [0.05, 0.1) is 7.11 Å². The molecule has 2 rings (SSSR count). The van der Waals surface area contributed by atoms with Crippen molar-refractivity contribution in [3.05, 3.63) is 29.3 Å². The van der Waals surface area contributed by atoms with Gasteiger partial charge in [-0.1, -0.05) is 43.4 Å². The first-order valence-corrected chi connectivity index (χ1v) is 7.47. The summed E-state index contributed by atoms with van der Waals surface area (Å²) in [7, 11) is 1.75. The second kappa shape index (κ2) is 6.47. The molecule has 1 aliphatic rings. The van der Waals surface area contributed by atoms with Gasteiger partial charge in [-0.05, 0) is 36.8 Å². The van der Waals surface area contributed by atoms with Gasteiger partial charge in [0, 0.05) is 5.88 Å². The Labute approximate surface area is 115 Å². The van der Waals surface area contributed by atoms with Crippen molar-refractivity contribution in [3.8, 4) is 5.75 Å². The summed E-state index contributed by atoms with van der Waals surface area (Å²) in [4.78, 5) is 0. The number of aryl methyl sites for hydroxylation is 1. The lowest BCUT2D eigenvalue weighted by molar-refractivity contribution is 0.358. The molecule has 1 aromatic carbocycles. The van der Waals surface area contributed by atoms with Crippen molar-refractivity contribution in [1.82, 2.24) is 0 Å². The Morgan fingerprint density at radius 3 is 2.67 bits per heavy atom. The number of methoxy groups -OCH3 is 1. The summed E-state index contributed by atoms with van der Waals surface area (Å²) in [6.07, 6.45) is 6.52. The van der Waals surface area contributed by atoms with Gasteiger partial charge < -0.3 is 4.74 Å². The first-order valence-electron chi connectivity index (χ1n) is 6.94. The van der Waals surface area contributed by atoms with E-state index in [4.69, 9.17) is 16.3 Å². The lowest BCUT2D eigenvalue weighted by atomic mass is 9.86. The van der Waals surface area contributed by atoms with Crippen LogP contribution in [-0.4, -0.2) is 13.0 Å². The second-order valence-electron chi connectivity index (χ2n) is 5.48. The average molecular weight is 267 g/mol. The molecule has 0 aromatic heterocycles. The fraction of sp³-hybridized carbons (Fsp3) is 0.625. The van der Waals surface area contributed by atoms with E-state index in [1.54, 1.807) is 7.11 Å². The van der Waals surface area contributed by atoms with Crippen molar-refractivity contribution < 1.29 is 4.74 Å². The minimum atomic E-state index is 0.602. The highest BCUT2D eigenvalue weighted by Gasteiger charge is 2.25. The summed E-state index contributed by atoms with van der Waals surface area (Å²) in [5.74, 6) is 3.19. The van der Waals surface area contributed by atoms with Crippen molar-refractivity contribution in [2.24, 2.45) is 11.8 Å². The highest BCUT2D eigenvalue weighted by molar-refractivity contribution is 6.18. The van der Waals surface area contributed by atoms with Crippen LogP contribution in [0.3, 0.4) is 0 Å². The molecule has 0 heterocycles. The van der Waals surface area contributed by atoms with Crippen LogP contribution in [-0.2, 0) is 6.42 Å². The number of rotatable bonds is 5. The van der Waals surface area contributed by atoms with Gasteiger partial charge in [-0.15, -0.1) is 11.6 Å². The van der Waals surface area contributed by atoms with Crippen LogP contribution >= 0.6 is 11.6 Å². The second-order valence-corrected chi connectivity index (χ2v) is 5.79. The van der Waals surface area contributed by atoms with Crippen molar-refractivity contribution >= 4 is 11.6 Å². The zero-order valence-corrected chi connectivity index (χ0v) is 12.2. The molecule has 0 N–H and O–H groups in total. The Kier molecular flexibility index (Phi) is 4.94. The van der Waals surface area contributed by atoms with E-state index in [9.17, 15) is 0 Å².